The highest BCUT2D eigenvalue weighted by atomic mass is 32.1. The van der Waals surface area contributed by atoms with Crippen LogP contribution in [-0.2, 0) is 20.7 Å². The van der Waals surface area contributed by atoms with E-state index in [2.05, 4.69) is 39.9 Å². The van der Waals surface area contributed by atoms with E-state index in [1.165, 1.54) is 22.5 Å². The normalized spacial score (nSPS) is 19.1. The van der Waals surface area contributed by atoms with Gasteiger partial charge in [-0.25, -0.2) is 9.59 Å². The molecule has 1 unspecified atom stereocenters. The van der Waals surface area contributed by atoms with Crippen molar-refractivity contribution in [2.75, 3.05) is 6.61 Å². The summed E-state index contributed by atoms with van der Waals surface area (Å²) in [5, 5.41) is 14.9. The molecular formula is C26H25N3O5S. The van der Waals surface area contributed by atoms with Gasteiger partial charge in [0.05, 0.1) is 5.51 Å². The number of hydrogen-bond acceptors (Lipinski definition) is 6. The number of nitrogens with zero attached hydrogens (tertiary/aromatic N) is 1. The number of carboxylic acid groups (broad SMARTS) is 1. The van der Waals surface area contributed by atoms with Crippen LogP contribution in [-0.4, -0.2) is 46.8 Å². The summed E-state index contributed by atoms with van der Waals surface area (Å²) < 4.78 is 5.56. The number of aromatic nitrogens is 1. The van der Waals surface area contributed by atoms with Gasteiger partial charge in [-0.05, 0) is 35.1 Å². The number of ether oxygens (including phenoxy) is 1. The molecule has 0 aliphatic heterocycles. The molecule has 1 fully saturated rings. The summed E-state index contributed by atoms with van der Waals surface area (Å²) in [5.74, 6) is -1.75. The van der Waals surface area contributed by atoms with E-state index in [4.69, 9.17) is 4.74 Å². The molecule has 8 nitrogen and oxygen atoms in total. The fourth-order valence-corrected chi connectivity index (χ4v) is 5.43. The number of amides is 2. The van der Waals surface area contributed by atoms with Crippen LogP contribution in [0, 0.1) is 5.92 Å². The van der Waals surface area contributed by atoms with Crippen LogP contribution in [0.4, 0.5) is 4.79 Å². The van der Waals surface area contributed by atoms with Gasteiger partial charge in [-0.1, -0.05) is 48.5 Å². The molecule has 1 aromatic heterocycles. The number of nitrogens with one attached hydrogen (secondary N) is 2. The highest BCUT2D eigenvalue weighted by Gasteiger charge is 2.37. The SMILES string of the molecule is O=C(NC1CC(C(=O)NC(Cc2cncs2)C(=O)O)C1)OCC1c2ccccc2-c2ccccc21. The molecule has 2 aromatic carbocycles. The molecule has 180 valence electrons. The maximum atomic E-state index is 12.5. The average molecular weight is 492 g/mol. The maximum Gasteiger partial charge on any atom is 0.407 e. The van der Waals surface area contributed by atoms with Crippen LogP contribution in [0.25, 0.3) is 11.1 Å². The van der Waals surface area contributed by atoms with Crippen LogP contribution >= 0.6 is 11.3 Å². The fourth-order valence-electron chi connectivity index (χ4n) is 4.79. The Hall–Kier alpha value is -3.72. The lowest BCUT2D eigenvalue weighted by Gasteiger charge is -2.35. The van der Waals surface area contributed by atoms with Gasteiger partial charge in [-0.2, -0.15) is 0 Å². The highest BCUT2D eigenvalue weighted by molar-refractivity contribution is 7.09. The van der Waals surface area contributed by atoms with E-state index in [-0.39, 0.29) is 36.8 Å². The lowest BCUT2D eigenvalue weighted by Crippen LogP contribution is -2.52. The van der Waals surface area contributed by atoms with Gasteiger partial charge in [0.2, 0.25) is 5.91 Å². The molecule has 0 bridgehead atoms. The van der Waals surface area contributed by atoms with Gasteiger partial charge in [0, 0.05) is 35.4 Å². The van der Waals surface area contributed by atoms with Gasteiger partial charge < -0.3 is 20.5 Å². The van der Waals surface area contributed by atoms with Crippen molar-refractivity contribution in [1.82, 2.24) is 15.6 Å². The predicted octanol–water partition coefficient (Wildman–Crippen LogP) is 3.57. The molecule has 1 saturated carbocycles. The number of carbonyl (C=O) groups is 3. The number of alkyl carbamates (subject to hydrolysis) is 1. The summed E-state index contributed by atoms with van der Waals surface area (Å²) in [7, 11) is 0. The number of thiazole rings is 1. The molecule has 0 spiro atoms. The van der Waals surface area contributed by atoms with E-state index in [1.807, 2.05) is 24.3 Å². The third-order valence-electron chi connectivity index (χ3n) is 6.68. The number of hydrogen-bond donors (Lipinski definition) is 3. The van der Waals surface area contributed by atoms with Gasteiger partial charge in [0.15, 0.2) is 0 Å². The standard InChI is InChI=1S/C26H25N3O5S/c30-24(29-23(25(31)32)11-17-12-27-14-35-17)15-9-16(10-15)28-26(33)34-13-22-20-7-3-1-5-18(20)19-6-2-4-8-21(19)22/h1-8,12,14-16,22-23H,9-11,13H2,(H,28,33)(H,29,30)(H,31,32). The Kier molecular flexibility index (Phi) is 6.50. The molecule has 1 heterocycles. The molecule has 0 saturated heterocycles. The lowest BCUT2D eigenvalue weighted by atomic mass is 9.79. The van der Waals surface area contributed by atoms with E-state index in [0.29, 0.717) is 12.8 Å². The molecule has 3 aromatic rings. The average Bonchev–Trinajstić information content (AvgIpc) is 3.45. The van der Waals surface area contributed by atoms with Crippen LogP contribution in [0.1, 0.15) is 34.8 Å². The topological polar surface area (TPSA) is 118 Å². The molecule has 35 heavy (non-hydrogen) atoms. The summed E-state index contributed by atoms with van der Waals surface area (Å²) in [4.78, 5) is 41.2. The third kappa shape index (κ3) is 4.90. The molecule has 2 amide bonds. The summed E-state index contributed by atoms with van der Waals surface area (Å²) >= 11 is 1.35. The zero-order chi connectivity index (χ0) is 24.4. The van der Waals surface area contributed by atoms with E-state index in [1.54, 1.807) is 11.7 Å². The van der Waals surface area contributed by atoms with Gasteiger partial charge in [0.1, 0.15) is 12.6 Å². The Morgan fingerprint density at radius 2 is 1.71 bits per heavy atom. The summed E-state index contributed by atoms with van der Waals surface area (Å²) in [6.45, 7) is 0.231. The molecular weight excluding hydrogens is 466 g/mol. The van der Waals surface area contributed by atoms with Crippen molar-refractivity contribution in [3.8, 4) is 11.1 Å². The smallest absolute Gasteiger partial charge is 0.407 e. The van der Waals surface area contributed by atoms with E-state index >= 15 is 0 Å². The predicted molar refractivity (Wildman–Crippen MR) is 130 cm³/mol. The Bertz CT molecular complexity index is 1190. The third-order valence-corrected chi connectivity index (χ3v) is 7.48. The zero-order valence-corrected chi connectivity index (χ0v) is 19.7. The van der Waals surface area contributed by atoms with Crippen LogP contribution in [0.15, 0.2) is 60.2 Å². The number of rotatable bonds is 8. The molecule has 2 aliphatic carbocycles. The number of carbonyl (C=O) groups excluding carboxylic acids is 2. The molecule has 3 N–H and O–H groups in total. The monoisotopic (exact) mass is 491 g/mol. The van der Waals surface area contributed by atoms with Crippen LogP contribution in [0.5, 0.6) is 0 Å². The van der Waals surface area contributed by atoms with E-state index < -0.39 is 18.1 Å². The van der Waals surface area contributed by atoms with Crippen molar-refractivity contribution in [3.05, 3.63) is 76.2 Å². The number of fused-ring (bicyclic) bond motifs is 3. The van der Waals surface area contributed by atoms with E-state index in [0.717, 1.165) is 16.0 Å². The van der Waals surface area contributed by atoms with Crippen LogP contribution < -0.4 is 10.6 Å². The second-order valence-electron chi connectivity index (χ2n) is 8.91. The first kappa shape index (κ1) is 23.0. The van der Waals surface area contributed by atoms with Crippen LogP contribution in [0.3, 0.4) is 0 Å². The van der Waals surface area contributed by atoms with Crippen molar-refractivity contribution in [1.29, 1.82) is 0 Å². The first-order chi connectivity index (χ1) is 17.0. The number of benzene rings is 2. The Morgan fingerprint density at radius 3 is 2.31 bits per heavy atom. The first-order valence-corrected chi connectivity index (χ1v) is 12.4. The van der Waals surface area contributed by atoms with Crippen molar-refractivity contribution in [2.24, 2.45) is 5.92 Å². The van der Waals surface area contributed by atoms with Crippen molar-refractivity contribution in [2.45, 2.75) is 37.3 Å². The van der Waals surface area contributed by atoms with Gasteiger partial charge in [0.25, 0.3) is 0 Å². The maximum absolute atomic E-state index is 12.5. The zero-order valence-electron chi connectivity index (χ0n) is 18.8. The Balaban J connectivity index is 1.09. The summed E-state index contributed by atoms with van der Waals surface area (Å²) in [6, 6.07) is 15.1. The van der Waals surface area contributed by atoms with Gasteiger partial charge in [-0.15, -0.1) is 11.3 Å². The van der Waals surface area contributed by atoms with Crippen molar-refractivity contribution >= 4 is 29.3 Å². The second-order valence-corrected chi connectivity index (χ2v) is 9.88. The lowest BCUT2D eigenvalue weighted by molar-refractivity contribution is -0.143. The number of aliphatic carboxylic acids is 1. The molecule has 1 atom stereocenters. The number of carboxylic acids is 1. The van der Waals surface area contributed by atoms with Crippen molar-refractivity contribution in [3.63, 3.8) is 0 Å². The van der Waals surface area contributed by atoms with Gasteiger partial charge >= 0.3 is 12.1 Å². The minimum Gasteiger partial charge on any atom is -0.480 e. The molecule has 5 rings (SSSR count). The molecule has 9 heteroatoms. The summed E-state index contributed by atoms with van der Waals surface area (Å²) in [6.07, 6.45) is 2.18. The van der Waals surface area contributed by atoms with Crippen LogP contribution in [0.2, 0.25) is 0 Å². The van der Waals surface area contributed by atoms with Gasteiger partial charge in [-0.3, -0.25) is 9.78 Å². The van der Waals surface area contributed by atoms with Crippen molar-refractivity contribution < 1.29 is 24.2 Å². The second kappa shape index (κ2) is 9.87. The molecule has 2 aliphatic rings. The minimum absolute atomic E-state index is 0.0143. The largest absolute Gasteiger partial charge is 0.480 e. The fraction of sp³-hybridized carbons (Fsp3) is 0.308. The quantitative estimate of drug-likeness (QED) is 0.443. The summed E-state index contributed by atoms with van der Waals surface area (Å²) in [5.41, 5.74) is 6.25. The highest BCUT2D eigenvalue weighted by Crippen LogP contribution is 2.44. The van der Waals surface area contributed by atoms with E-state index in [9.17, 15) is 19.5 Å². The minimum atomic E-state index is -1.08. The Morgan fingerprint density at radius 1 is 1.06 bits per heavy atom. The molecule has 0 radical (unpaired) electrons. The first-order valence-electron chi connectivity index (χ1n) is 11.5. The Labute approximate surface area is 206 Å².